The Balaban J connectivity index is 4.02. The molecule has 0 aliphatic heterocycles. The third-order valence-electron chi connectivity index (χ3n) is 2.95. The molecule has 3 nitrogen and oxygen atoms in total. The minimum atomic E-state index is -3.08. The highest BCUT2D eigenvalue weighted by molar-refractivity contribution is 4.79. The van der Waals surface area contributed by atoms with E-state index in [-0.39, 0.29) is 12.0 Å². The molecule has 15 heavy (non-hydrogen) atoms. The fraction of sp³-hybridized carbons (Fsp3) is 1.00. The standard InChI is InChI=1S/C10H21F2NO2/c1-3-9(4-2,7-14)5-13-6-10(11,12)8-15/h13-15H,3-8H2,1-2H3. The molecule has 3 N–H and O–H groups in total. The molecule has 0 aliphatic carbocycles. The maximum absolute atomic E-state index is 12.7. The van der Waals surface area contributed by atoms with Crippen LogP contribution >= 0.6 is 0 Å². The van der Waals surface area contributed by atoms with Gasteiger partial charge in [-0.05, 0) is 12.8 Å². The van der Waals surface area contributed by atoms with Crippen LogP contribution < -0.4 is 5.32 Å². The van der Waals surface area contributed by atoms with Gasteiger partial charge in [-0.25, -0.2) is 8.78 Å². The molecule has 5 heteroatoms. The quantitative estimate of drug-likeness (QED) is 0.577. The Labute approximate surface area is 89.5 Å². The van der Waals surface area contributed by atoms with Crippen molar-refractivity contribution < 1.29 is 19.0 Å². The van der Waals surface area contributed by atoms with Crippen molar-refractivity contribution in [2.75, 3.05) is 26.3 Å². The van der Waals surface area contributed by atoms with Crippen molar-refractivity contribution in [2.45, 2.75) is 32.6 Å². The molecule has 0 radical (unpaired) electrons. The Bertz CT molecular complexity index is 165. The van der Waals surface area contributed by atoms with Gasteiger partial charge in [0.2, 0.25) is 0 Å². The van der Waals surface area contributed by atoms with Gasteiger partial charge < -0.3 is 15.5 Å². The van der Waals surface area contributed by atoms with Crippen LogP contribution in [-0.4, -0.2) is 42.4 Å². The number of aliphatic hydroxyl groups excluding tert-OH is 2. The summed E-state index contributed by atoms with van der Waals surface area (Å²) in [6.07, 6.45) is 1.47. The first-order valence-electron chi connectivity index (χ1n) is 5.25. The van der Waals surface area contributed by atoms with Gasteiger partial charge in [0.05, 0.1) is 6.54 Å². The van der Waals surface area contributed by atoms with Gasteiger partial charge in [0.1, 0.15) is 6.61 Å². The maximum Gasteiger partial charge on any atom is 0.282 e. The summed E-state index contributed by atoms with van der Waals surface area (Å²) in [5.74, 6) is -3.08. The second kappa shape index (κ2) is 6.35. The number of hydrogen-bond acceptors (Lipinski definition) is 3. The summed E-state index contributed by atoms with van der Waals surface area (Å²) in [5, 5.41) is 20.1. The van der Waals surface area contributed by atoms with E-state index in [1.807, 2.05) is 13.8 Å². The van der Waals surface area contributed by atoms with Crippen molar-refractivity contribution in [1.29, 1.82) is 0 Å². The molecule has 0 rings (SSSR count). The first kappa shape index (κ1) is 14.7. The second-order valence-corrected chi connectivity index (χ2v) is 3.98. The summed E-state index contributed by atoms with van der Waals surface area (Å²) < 4.78 is 25.3. The third kappa shape index (κ3) is 4.86. The maximum atomic E-state index is 12.7. The number of hydrogen-bond donors (Lipinski definition) is 3. The van der Waals surface area contributed by atoms with E-state index in [1.54, 1.807) is 0 Å². The Morgan fingerprint density at radius 1 is 1.00 bits per heavy atom. The van der Waals surface area contributed by atoms with E-state index in [1.165, 1.54) is 0 Å². The van der Waals surface area contributed by atoms with Gasteiger partial charge >= 0.3 is 0 Å². The smallest absolute Gasteiger partial charge is 0.282 e. The van der Waals surface area contributed by atoms with Crippen LogP contribution in [-0.2, 0) is 0 Å². The zero-order chi connectivity index (χ0) is 11.9. The van der Waals surface area contributed by atoms with E-state index in [0.29, 0.717) is 6.54 Å². The third-order valence-corrected chi connectivity index (χ3v) is 2.95. The highest BCUT2D eigenvalue weighted by atomic mass is 19.3. The number of alkyl halides is 2. The van der Waals surface area contributed by atoms with E-state index in [4.69, 9.17) is 5.11 Å². The van der Waals surface area contributed by atoms with Crippen LogP contribution in [0.3, 0.4) is 0 Å². The molecule has 0 atom stereocenters. The van der Waals surface area contributed by atoms with Crippen molar-refractivity contribution in [1.82, 2.24) is 5.32 Å². The van der Waals surface area contributed by atoms with Crippen LogP contribution in [0.5, 0.6) is 0 Å². The topological polar surface area (TPSA) is 52.5 Å². The Morgan fingerprint density at radius 2 is 1.53 bits per heavy atom. The minimum Gasteiger partial charge on any atom is -0.396 e. The van der Waals surface area contributed by atoms with Crippen LogP contribution in [0.15, 0.2) is 0 Å². The number of halogens is 2. The Hall–Kier alpha value is -0.260. The number of aliphatic hydroxyl groups is 2. The van der Waals surface area contributed by atoms with Gasteiger partial charge in [0.15, 0.2) is 0 Å². The van der Waals surface area contributed by atoms with Crippen molar-refractivity contribution in [3.8, 4) is 0 Å². The summed E-state index contributed by atoms with van der Waals surface area (Å²) >= 11 is 0. The van der Waals surface area contributed by atoms with E-state index in [0.717, 1.165) is 12.8 Å². The molecule has 0 aromatic rings. The molecule has 0 heterocycles. The Kier molecular flexibility index (Phi) is 6.24. The highest BCUT2D eigenvalue weighted by Gasteiger charge is 2.30. The van der Waals surface area contributed by atoms with Gasteiger partial charge in [-0.3, -0.25) is 0 Å². The predicted octanol–water partition coefficient (Wildman–Crippen LogP) is 1.00. The first-order valence-corrected chi connectivity index (χ1v) is 5.25. The average molecular weight is 225 g/mol. The summed E-state index contributed by atoms with van der Waals surface area (Å²) in [6.45, 7) is 2.47. The SMILES string of the molecule is CCC(CC)(CO)CNCC(F)(F)CO. The lowest BCUT2D eigenvalue weighted by Crippen LogP contribution is -2.43. The number of rotatable bonds is 8. The predicted molar refractivity (Wildman–Crippen MR) is 55.0 cm³/mol. The lowest BCUT2D eigenvalue weighted by Gasteiger charge is -2.30. The Morgan fingerprint density at radius 3 is 1.87 bits per heavy atom. The van der Waals surface area contributed by atoms with Gasteiger partial charge in [-0.2, -0.15) is 0 Å². The molecule has 0 unspecified atom stereocenters. The molecular weight excluding hydrogens is 204 g/mol. The normalized spacial score (nSPS) is 13.2. The zero-order valence-electron chi connectivity index (χ0n) is 9.39. The van der Waals surface area contributed by atoms with Crippen LogP contribution in [0.4, 0.5) is 8.78 Å². The van der Waals surface area contributed by atoms with Gasteiger partial charge in [-0.1, -0.05) is 13.8 Å². The molecule has 0 amide bonds. The fourth-order valence-electron chi connectivity index (χ4n) is 1.35. The van der Waals surface area contributed by atoms with E-state index < -0.39 is 19.1 Å². The van der Waals surface area contributed by atoms with Gasteiger partial charge in [0.25, 0.3) is 5.92 Å². The van der Waals surface area contributed by atoms with Crippen LogP contribution in [0.2, 0.25) is 0 Å². The average Bonchev–Trinajstić information content (AvgIpc) is 2.25. The van der Waals surface area contributed by atoms with Crippen LogP contribution in [0, 0.1) is 5.41 Å². The highest BCUT2D eigenvalue weighted by Crippen LogP contribution is 2.24. The molecule has 92 valence electrons. The van der Waals surface area contributed by atoms with Crippen LogP contribution in [0.25, 0.3) is 0 Å². The van der Waals surface area contributed by atoms with Crippen molar-refractivity contribution in [3.63, 3.8) is 0 Å². The van der Waals surface area contributed by atoms with E-state index in [9.17, 15) is 13.9 Å². The summed E-state index contributed by atoms with van der Waals surface area (Å²) in [6, 6.07) is 0. The molecule has 0 saturated carbocycles. The second-order valence-electron chi connectivity index (χ2n) is 3.98. The van der Waals surface area contributed by atoms with Crippen molar-refractivity contribution in [3.05, 3.63) is 0 Å². The first-order chi connectivity index (χ1) is 6.95. The van der Waals surface area contributed by atoms with Gasteiger partial charge in [-0.15, -0.1) is 0 Å². The number of nitrogens with one attached hydrogen (secondary N) is 1. The van der Waals surface area contributed by atoms with E-state index >= 15 is 0 Å². The fourth-order valence-corrected chi connectivity index (χ4v) is 1.35. The molecule has 0 bridgehead atoms. The van der Waals surface area contributed by atoms with Gasteiger partial charge in [0, 0.05) is 18.6 Å². The summed E-state index contributed by atoms with van der Waals surface area (Å²) in [5.41, 5.74) is -0.328. The molecule has 0 spiro atoms. The molecular formula is C10H21F2NO2. The lowest BCUT2D eigenvalue weighted by molar-refractivity contribution is -0.0500. The van der Waals surface area contributed by atoms with Crippen LogP contribution in [0.1, 0.15) is 26.7 Å². The molecule has 0 aromatic heterocycles. The molecule has 0 aromatic carbocycles. The van der Waals surface area contributed by atoms with E-state index in [2.05, 4.69) is 5.32 Å². The minimum absolute atomic E-state index is 0.0162. The zero-order valence-corrected chi connectivity index (χ0v) is 9.39. The summed E-state index contributed by atoms with van der Waals surface area (Å²) in [4.78, 5) is 0. The summed E-state index contributed by atoms with van der Waals surface area (Å²) in [7, 11) is 0. The lowest BCUT2D eigenvalue weighted by atomic mass is 9.83. The molecule has 0 aliphatic rings. The van der Waals surface area contributed by atoms with Crippen molar-refractivity contribution >= 4 is 0 Å². The molecule has 0 saturated heterocycles. The van der Waals surface area contributed by atoms with Crippen molar-refractivity contribution in [2.24, 2.45) is 5.41 Å². The monoisotopic (exact) mass is 225 g/mol. The largest absolute Gasteiger partial charge is 0.396 e. The molecule has 0 fully saturated rings.